The molecule has 1 N–H and O–H groups in total. The minimum atomic E-state index is -0.433. The Morgan fingerprint density at radius 2 is 1.60 bits per heavy atom. The first-order valence-electron chi connectivity index (χ1n) is 7.10. The third-order valence-electron chi connectivity index (χ3n) is 3.33. The molecule has 0 fully saturated rings. The Kier molecular flexibility index (Phi) is 6.16. The fraction of sp³-hybridized carbons (Fsp3) is 0.176. The van der Waals surface area contributed by atoms with Crippen molar-refractivity contribution in [3.05, 3.63) is 56.5 Å². The van der Waals surface area contributed by atoms with E-state index in [2.05, 4.69) is 5.32 Å². The SMILES string of the molecule is COc1c(Cl)cc(C(=O)Nc2ccc(Cl)c(C(=O)N(C)C)c2)cc1Cl. The predicted octanol–water partition coefficient (Wildman–Crippen LogP) is 4.61. The molecule has 0 bridgehead atoms. The van der Waals surface area contributed by atoms with Gasteiger partial charge in [0.05, 0.1) is 27.7 Å². The first-order chi connectivity index (χ1) is 11.7. The predicted molar refractivity (Wildman–Crippen MR) is 100 cm³/mol. The fourth-order valence-electron chi connectivity index (χ4n) is 2.10. The van der Waals surface area contributed by atoms with Crippen LogP contribution in [0.15, 0.2) is 30.3 Å². The van der Waals surface area contributed by atoms with Crippen LogP contribution in [-0.4, -0.2) is 37.9 Å². The number of nitrogens with zero attached hydrogens (tertiary/aromatic N) is 1. The highest BCUT2D eigenvalue weighted by Gasteiger charge is 2.16. The van der Waals surface area contributed by atoms with Crippen LogP contribution in [0, 0.1) is 0 Å². The number of rotatable bonds is 4. The maximum absolute atomic E-state index is 12.4. The molecule has 0 aliphatic carbocycles. The van der Waals surface area contributed by atoms with Crippen molar-refractivity contribution >= 4 is 52.3 Å². The lowest BCUT2D eigenvalue weighted by molar-refractivity contribution is 0.0827. The second-order valence-corrected chi connectivity index (χ2v) is 6.54. The third kappa shape index (κ3) is 4.37. The zero-order valence-corrected chi connectivity index (χ0v) is 16.0. The lowest BCUT2D eigenvalue weighted by Gasteiger charge is -2.14. The van der Waals surface area contributed by atoms with Gasteiger partial charge in [-0.05, 0) is 30.3 Å². The van der Waals surface area contributed by atoms with Crippen molar-refractivity contribution in [3.63, 3.8) is 0 Å². The number of amides is 2. The molecule has 0 saturated heterocycles. The zero-order valence-electron chi connectivity index (χ0n) is 13.7. The third-order valence-corrected chi connectivity index (χ3v) is 4.22. The van der Waals surface area contributed by atoms with Crippen molar-refractivity contribution in [2.75, 3.05) is 26.5 Å². The Labute approximate surface area is 160 Å². The number of carbonyl (C=O) groups is 2. The molecule has 2 aromatic rings. The van der Waals surface area contributed by atoms with E-state index in [9.17, 15) is 9.59 Å². The largest absolute Gasteiger partial charge is 0.494 e. The summed E-state index contributed by atoms with van der Waals surface area (Å²) in [5, 5.41) is 3.43. The van der Waals surface area contributed by atoms with Crippen LogP contribution in [0.3, 0.4) is 0 Å². The minimum absolute atomic E-state index is 0.222. The zero-order chi connectivity index (χ0) is 18.7. The first-order valence-corrected chi connectivity index (χ1v) is 8.23. The summed E-state index contributed by atoms with van der Waals surface area (Å²) in [4.78, 5) is 25.9. The summed E-state index contributed by atoms with van der Waals surface area (Å²) >= 11 is 18.1. The van der Waals surface area contributed by atoms with Crippen LogP contribution in [0.1, 0.15) is 20.7 Å². The Morgan fingerprint density at radius 1 is 1.00 bits per heavy atom. The number of hydrogen-bond donors (Lipinski definition) is 1. The second-order valence-electron chi connectivity index (χ2n) is 5.32. The van der Waals surface area contributed by atoms with E-state index in [0.29, 0.717) is 16.5 Å². The van der Waals surface area contributed by atoms with Crippen LogP contribution in [0.2, 0.25) is 15.1 Å². The molecule has 0 heterocycles. The summed E-state index contributed by atoms with van der Waals surface area (Å²) in [6.07, 6.45) is 0. The molecule has 0 unspecified atom stereocenters. The maximum Gasteiger partial charge on any atom is 0.255 e. The number of methoxy groups -OCH3 is 1. The molecule has 2 amide bonds. The summed E-state index contributed by atoms with van der Waals surface area (Å²) in [6, 6.07) is 7.55. The molecule has 0 radical (unpaired) electrons. The number of hydrogen-bond acceptors (Lipinski definition) is 3. The van der Waals surface area contributed by atoms with E-state index >= 15 is 0 Å². The van der Waals surface area contributed by atoms with Crippen LogP contribution in [0.5, 0.6) is 5.75 Å². The van der Waals surface area contributed by atoms with Crippen LogP contribution in [-0.2, 0) is 0 Å². The van der Waals surface area contributed by atoms with Gasteiger partial charge in [-0.1, -0.05) is 34.8 Å². The molecule has 0 aliphatic rings. The summed E-state index contributed by atoms with van der Waals surface area (Å²) in [7, 11) is 4.67. The van der Waals surface area contributed by atoms with E-state index in [0.717, 1.165) is 0 Å². The van der Waals surface area contributed by atoms with Crippen molar-refractivity contribution in [3.8, 4) is 5.75 Å². The second kappa shape index (κ2) is 7.95. The van der Waals surface area contributed by atoms with Gasteiger partial charge in [0.2, 0.25) is 0 Å². The number of benzene rings is 2. The smallest absolute Gasteiger partial charge is 0.255 e. The van der Waals surface area contributed by atoms with Crippen LogP contribution >= 0.6 is 34.8 Å². The van der Waals surface area contributed by atoms with Gasteiger partial charge in [0.1, 0.15) is 0 Å². The highest BCUT2D eigenvalue weighted by Crippen LogP contribution is 2.34. The fourth-order valence-corrected chi connectivity index (χ4v) is 2.94. The summed E-state index contributed by atoms with van der Waals surface area (Å²) in [6.45, 7) is 0. The number of carbonyl (C=O) groups excluding carboxylic acids is 2. The Morgan fingerprint density at radius 3 is 2.12 bits per heavy atom. The van der Waals surface area contributed by atoms with E-state index in [1.54, 1.807) is 26.2 Å². The van der Waals surface area contributed by atoms with Gasteiger partial charge in [-0.15, -0.1) is 0 Å². The van der Waals surface area contributed by atoms with E-state index in [-0.39, 0.29) is 27.1 Å². The van der Waals surface area contributed by atoms with E-state index in [1.807, 2.05) is 0 Å². The average molecular weight is 402 g/mol. The van der Waals surface area contributed by atoms with Crippen molar-refractivity contribution in [1.82, 2.24) is 4.90 Å². The molecular formula is C17H15Cl3N2O3. The molecule has 0 spiro atoms. The molecule has 0 saturated carbocycles. The van der Waals surface area contributed by atoms with E-state index < -0.39 is 5.91 Å². The van der Waals surface area contributed by atoms with Crippen LogP contribution < -0.4 is 10.1 Å². The molecule has 25 heavy (non-hydrogen) atoms. The standard InChI is InChI=1S/C17H15Cl3N2O3/c1-22(2)17(24)11-8-10(4-5-12(11)18)21-16(23)9-6-13(19)15(25-3)14(20)7-9/h4-8H,1-3H3,(H,21,23). The molecule has 0 aliphatic heterocycles. The topological polar surface area (TPSA) is 58.6 Å². The van der Waals surface area contributed by atoms with E-state index in [4.69, 9.17) is 39.5 Å². The van der Waals surface area contributed by atoms with Gasteiger partial charge in [0.25, 0.3) is 11.8 Å². The average Bonchev–Trinajstić information content (AvgIpc) is 2.55. The lowest BCUT2D eigenvalue weighted by atomic mass is 10.1. The summed E-state index contributed by atoms with van der Waals surface area (Å²) < 4.78 is 5.05. The van der Waals surface area contributed by atoms with E-state index in [1.165, 1.54) is 30.2 Å². The number of halogens is 3. The maximum atomic E-state index is 12.4. The lowest BCUT2D eigenvalue weighted by Crippen LogP contribution is -2.22. The summed E-state index contributed by atoms with van der Waals surface area (Å²) in [5.41, 5.74) is 0.962. The van der Waals surface area contributed by atoms with Crippen molar-refractivity contribution in [2.24, 2.45) is 0 Å². The Bertz CT molecular complexity index is 815. The van der Waals surface area contributed by atoms with Crippen LogP contribution in [0.4, 0.5) is 5.69 Å². The molecule has 0 aromatic heterocycles. The number of nitrogens with one attached hydrogen (secondary N) is 1. The molecule has 2 aromatic carbocycles. The van der Waals surface area contributed by atoms with Gasteiger partial charge in [0, 0.05) is 25.3 Å². The highest BCUT2D eigenvalue weighted by molar-refractivity contribution is 6.38. The monoisotopic (exact) mass is 400 g/mol. The quantitative estimate of drug-likeness (QED) is 0.814. The molecule has 2 rings (SSSR count). The first kappa shape index (κ1) is 19.4. The van der Waals surface area contributed by atoms with Gasteiger partial charge in [-0.25, -0.2) is 0 Å². The molecular weight excluding hydrogens is 387 g/mol. The molecule has 5 nitrogen and oxygen atoms in total. The Hall–Kier alpha value is -1.95. The van der Waals surface area contributed by atoms with Gasteiger partial charge in [0.15, 0.2) is 5.75 Å². The van der Waals surface area contributed by atoms with Gasteiger partial charge in [-0.2, -0.15) is 0 Å². The van der Waals surface area contributed by atoms with Crippen molar-refractivity contribution in [2.45, 2.75) is 0 Å². The Balaban J connectivity index is 2.30. The van der Waals surface area contributed by atoms with Crippen molar-refractivity contribution in [1.29, 1.82) is 0 Å². The van der Waals surface area contributed by atoms with Crippen LogP contribution in [0.25, 0.3) is 0 Å². The van der Waals surface area contributed by atoms with Crippen molar-refractivity contribution < 1.29 is 14.3 Å². The normalized spacial score (nSPS) is 10.3. The number of ether oxygens (including phenoxy) is 1. The van der Waals surface area contributed by atoms with Gasteiger partial charge in [-0.3, -0.25) is 9.59 Å². The molecule has 132 valence electrons. The molecule has 8 heteroatoms. The minimum Gasteiger partial charge on any atom is -0.494 e. The summed E-state index contributed by atoms with van der Waals surface area (Å²) in [5.74, 6) is -0.404. The number of anilines is 1. The molecule has 0 atom stereocenters. The van der Waals surface area contributed by atoms with Gasteiger partial charge < -0.3 is 15.0 Å². The van der Waals surface area contributed by atoms with Gasteiger partial charge >= 0.3 is 0 Å². The highest BCUT2D eigenvalue weighted by atomic mass is 35.5.